The van der Waals surface area contributed by atoms with Crippen molar-refractivity contribution < 1.29 is 13.2 Å². The standard InChI is InChI=1S/C11H13ClF3N/c12-9-3-1-2-8(6-9)7-10(16)4-5-11(13,14)15/h1-3,6,10H,4-5,7,16H2. The van der Waals surface area contributed by atoms with Gasteiger partial charge in [0.25, 0.3) is 0 Å². The first kappa shape index (κ1) is 13.3. The van der Waals surface area contributed by atoms with Crippen LogP contribution < -0.4 is 5.73 Å². The third-order valence-electron chi connectivity index (χ3n) is 2.19. The number of hydrogen-bond donors (Lipinski definition) is 1. The maximum absolute atomic E-state index is 11.9. The van der Waals surface area contributed by atoms with Crippen molar-refractivity contribution in [1.82, 2.24) is 0 Å². The Labute approximate surface area is 97.4 Å². The molecule has 0 aliphatic carbocycles. The summed E-state index contributed by atoms with van der Waals surface area (Å²) in [7, 11) is 0. The van der Waals surface area contributed by atoms with E-state index in [0.29, 0.717) is 11.4 Å². The van der Waals surface area contributed by atoms with E-state index in [1.807, 2.05) is 0 Å². The van der Waals surface area contributed by atoms with Gasteiger partial charge in [-0.25, -0.2) is 0 Å². The molecular formula is C11H13ClF3N. The van der Waals surface area contributed by atoms with Gasteiger partial charge in [0.05, 0.1) is 0 Å². The third-order valence-corrected chi connectivity index (χ3v) is 2.42. The number of nitrogens with two attached hydrogens (primary N) is 1. The van der Waals surface area contributed by atoms with E-state index in [-0.39, 0.29) is 6.42 Å². The second kappa shape index (κ2) is 5.55. The van der Waals surface area contributed by atoms with Crippen molar-refractivity contribution >= 4 is 11.6 Å². The highest BCUT2D eigenvalue weighted by Gasteiger charge is 2.27. The second-order valence-electron chi connectivity index (χ2n) is 3.75. The maximum atomic E-state index is 11.9. The van der Waals surface area contributed by atoms with Gasteiger partial charge in [0, 0.05) is 17.5 Å². The molecule has 0 bridgehead atoms. The van der Waals surface area contributed by atoms with Crippen LogP contribution in [0.3, 0.4) is 0 Å². The zero-order valence-electron chi connectivity index (χ0n) is 8.60. The summed E-state index contributed by atoms with van der Waals surface area (Å²) in [6, 6.07) is 6.51. The van der Waals surface area contributed by atoms with Crippen LogP contribution in [0.4, 0.5) is 13.2 Å². The molecule has 1 aromatic rings. The molecule has 2 N–H and O–H groups in total. The summed E-state index contributed by atoms with van der Waals surface area (Å²) in [5, 5.41) is 0.570. The average Bonchev–Trinajstić information content (AvgIpc) is 2.14. The summed E-state index contributed by atoms with van der Waals surface area (Å²) in [5.41, 5.74) is 6.48. The molecule has 0 spiro atoms. The van der Waals surface area contributed by atoms with Crippen LogP contribution in [0.15, 0.2) is 24.3 Å². The lowest BCUT2D eigenvalue weighted by molar-refractivity contribution is -0.136. The predicted molar refractivity (Wildman–Crippen MR) is 58.4 cm³/mol. The summed E-state index contributed by atoms with van der Waals surface area (Å²) in [6.07, 6.45) is -4.62. The maximum Gasteiger partial charge on any atom is 0.389 e. The van der Waals surface area contributed by atoms with Crippen LogP contribution in [0, 0.1) is 0 Å². The molecule has 0 aromatic heterocycles. The zero-order chi connectivity index (χ0) is 12.2. The van der Waals surface area contributed by atoms with Gasteiger partial charge in [0.1, 0.15) is 0 Å². The van der Waals surface area contributed by atoms with Crippen molar-refractivity contribution in [2.75, 3.05) is 0 Å². The Morgan fingerprint density at radius 2 is 2.00 bits per heavy atom. The average molecular weight is 252 g/mol. The highest BCUT2D eigenvalue weighted by atomic mass is 35.5. The first-order valence-electron chi connectivity index (χ1n) is 4.93. The van der Waals surface area contributed by atoms with Crippen LogP contribution in [-0.4, -0.2) is 12.2 Å². The third kappa shape index (κ3) is 5.37. The second-order valence-corrected chi connectivity index (χ2v) is 4.18. The van der Waals surface area contributed by atoms with Gasteiger partial charge in [0.15, 0.2) is 0 Å². The van der Waals surface area contributed by atoms with Gasteiger partial charge in [-0.3, -0.25) is 0 Å². The minimum atomic E-state index is -4.13. The SMILES string of the molecule is NC(CCC(F)(F)F)Cc1cccc(Cl)c1. The van der Waals surface area contributed by atoms with Gasteiger partial charge >= 0.3 is 6.18 Å². The number of halogens is 4. The summed E-state index contributed by atoms with van der Waals surface area (Å²) in [6.45, 7) is 0. The number of alkyl halides is 3. The largest absolute Gasteiger partial charge is 0.389 e. The van der Waals surface area contributed by atoms with E-state index in [9.17, 15) is 13.2 Å². The van der Waals surface area contributed by atoms with Crippen molar-refractivity contribution in [2.24, 2.45) is 5.73 Å². The summed E-state index contributed by atoms with van der Waals surface area (Å²) in [4.78, 5) is 0. The van der Waals surface area contributed by atoms with Crippen LogP contribution in [0.2, 0.25) is 5.02 Å². The Bertz CT molecular complexity index is 338. The fourth-order valence-electron chi connectivity index (χ4n) is 1.42. The van der Waals surface area contributed by atoms with Crippen LogP contribution in [-0.2, 0) is 6.42 Å². The summed E-state index contributed by atoms with van der Waals surface area (Å²) >= 11 is 5.76. The van der Waals surface area contributed by atoms with Crippen molar-refractivity contribution in [3.63, 3.8) is 0 Å². The molecule has 0 radical (unpaired) electrons. The fourth-order valence-corrected chi connectivity index (χ4v) is 1.63. The Hall–Kier alpha value is -0.740. The Morgan fingerprint density at radius 3 is 2.56 bits per heavy atom. The van der Waals surface area contributed by atoms with Gasteiger partial charge in [-0.05, 0) is 30.5 Å². The number of hydrogen-bond acceptors (Lipinski definition) is 1. The monoisotopic (exact) mass is 251 g/mol. The molecule has 1 nitrogen and oxygen atoms in total. The molecule has 0 saturated carbocycles. The lowest BCUT2D eigenvalue weighted by Gasteiger charge is -2.13. The van der Waals surface area contributed by atoms with Crippen molar-refractivity contribution in [3.05, 3.63) is 34.9 Å². The number of rotatable bonds is 4. The normalized spacial score (nSPS) is 13.8. The Morgan fingerprint density at radius 1 is 1.31 bits per heavy atom. The minimum absolute atomic E-state index is 0.0595. The molecule has 0 aliphatic rings. The zero-order valence-corrected chi connectivity index (χ0v) is 9.35. The van der Waals surface area contributed by atoms with E-state index in [4.69, 9.17) is 17.3 Å². The van der Waals surface area contributed by atoms with E-state index >= 15 is 0 Å². The smallest absolute Gasteiger partial charge is 0.327 e. The highest BCUT2D eigenvalue weighted by Crippen LogP contribution is 2.22. The fraction of sp³-hybridized carbons (Fsp3) is 0.455. The topological polar surface area (TPSA) is 26.0 Å². The van der Waals surface area contributed by atoms with Gasteiger partial charge in [-0.2, -0.15) is 13.2 Å². The van der Waals surface area contributed by atoms with Gasteiger partial charge in [-0.1, -0.05) is 23.7 Å². The molecule has 16 heavy (non-hydrogen) atoms. The molecule has 1 rings (SSSR count). The Kier molecular flexibility index (Phi) is 4.62. The van der Waals surface area contributed by atoms with Crippen molar-refractivity contribution in [1.29, 1.82) is 0 Å². The van der Waals surface area contributed by atoms with Crippen LogP contribution in [0.5, 0.6) is 0 Å². The van der Waals surface area contributed by atoms with E-state index in [1.54, 1.807) is 24.3 Å². The highest BCUT2D eigenvalue weighted by molar-refractivity contribution is 6.30. The predicted octanol–water partition coefficient (Wildman–Crippen LogP) is 3.55. The molecule has 1 atom stereocenters. The van der Waals surface area contributed by atoms with Crippen molar-refractivity contribution in [2.45, 2.75) is 31.5 Å². The van der Waals surface area contributed by atoms with Crippen LogP contribution in [0.1, 0.15) is 18.4 Å². The lowest BCUT2D eigenvalue weighted by Crippen LogP contribution is -2.25. The van der Waals surface area contributed by atoms with E-state index in [0.717, 1.165) is 5.56 Å². The molecular weight excluding hydrogens is 239 g/mol. The van der Waals surface area contributed by atoms with E-state index in [1.165, 1.54) is 0 Å². The lowest BCUT2D eigenvalue weighted by atomic mass is 10.0. The molecule has 0 aliphatic heterocycles. The molecule has 0 heterocycles. The number of benzene rings is 1. The Balaban J connectivity index is 2.43. The molecule has 1 aromatic carbocycles. The molecule has 0 saturated heterocycles. The molecule has 5 heteroatoms. The molecule has 90 valence electrons. The molecule has 0 fully saturated rings. The first-order valence-corrected chi connectivity index (χ1v) is 5.31. The first-order chi connectivity index (χ1) is 7.37. The summed E-state index contributed by atoms with van der Waals surface area (Å²) < 4.78 is 35.8. The summed E-state index contributed by atoms with van der Waals surface area (Å²) in [5.74, 6) is 0. The van der Waals surface area contributed by atoms with Gasteiger partial charge in [0.2, 0.25) is 0 Å². The van der Waals surface area contributed by atoms with Crippen LogP contribution >= 0.6 is 11.6 Å². The van der Waals surface area contributed by atoms with E-state index < -0.39 is 18.6 Å². The van der Waals surface area contributed by atoms with E-state index in [2.05, 4.69) is 0 Å². The minimum Gasteiger partial charge on any atom is -0.327 e. The van der Waals surface area contributed by atoms with Crippen molar-refractivity contribution in [3.8, 4) is 0 Å². The quantitative estimate of drug-likeness (QED) is 0.870. The van der Waals surface area contributed by atoms with Crippen LogP contribution in [0.25, 0.3) is 0 Å². The molecule has 1 unspecified atom stereocenters. The van der Waals surface area contributed by atoms with Gasteiger partial charge in [-0.15, -0.1) is 0 Å². The van der Waals surface area contributed by atoms with Gasteiger partial charge < -0.3 is 5.73 Å². The molecule has 0 amide bonds.